The second-order valence-corrected chi connectivity index (χ2v) is 5.67. The summed E-state index contributed by atoms with van der Waals surface area (Å²) in [7, 11) is 0. The molecule has 4 N–H and O–H groups in total. The van der Waals surface area contributed by atoms with E-state index in [4.69, 9.17) is 5.73 Å². The van der Waals surface area contributed by atoms with Crippen molar-refractivity contribution in [1.29, 1.82) is 0 Å². The van der Waals surface area contributed by atoms with Gasteiger partial charge in [0.2, 0.25) is 0 Å². The van der Waals surface area contributed by atoms with E-state index in [1.807, 2.05) is 0 Å². The second-order valence-electron chi connectivity index (χ2n) is 5.67. The summed E-state index contributed by atoms with van der Waals surface area (Å²) >= 11 is 0. The van der Waals surface area contributed by atoms with Gasteiger partial charge < -0.3 is 16.4 Å². The Bertz CT molecular complexity index is 555. The van der Waals surface area contributed by atoms with Crippen LogP contribution in [0, 0.1) is 18.7 Å². The lowest BCUT2D eigenvalue weighted by Crippen LogP contribution is -2.38. The van der Waals surface area contributed by atoms with Gasteiger partial charge in [-0.25, -0.2) is 4.39 Å². The van der Waals surface area contributed by atoms with Crippen LogP contribution >= 0.6 is 0 Å². The van der Waals surface area contributed by atoms with Gasteiger partial charge >= 0.3 is 0 Å². The van der Waals surface area contributed by atoms with Gasteiger partial charge in [0.15, 0.2) is 5.96 Å². The molecule has 1 aliphatic rings. The highest BCUT2D eigenvalue weighted by molar-refractivity contribution is 5.94. The molecule has 0 aromatic heterocycles. The monoisotopic (exact) mass is 306 g/mol. The van der Waals surface area contributed by atoms with Crippen LogP contribution in [0.15, 0.2) is 23.2 Å². The van der Waals surface area contributed by atoms with Crippen LogP contribution in [0.2, 0.25) is 0 Å². The van der Waals surface area contributed by atoms with E-state index in [0.717, 1.165) is 6.54 Å². The number of hydrogen-bond acceptors (Lipinski definition) is 2. The Hall–Kier alpha value is -2.11. The maximum Gasteiger partial charge on any atom is 0.251 e. The first-order valence-corrected chi connectivity index (χ1v) is 7.64. The molecule has 1 saturated carbocycles. The Labute approximate surface area is 130 Å². The van der Waals surface area contributed by atoms with E-state index >= 15 is 0 Å². The Kier molecular flexibility index (Phi) is 5.75. The van der Waals surface area contributed by atoms with Crippen LogP contribution < -0.4 is 16.4 Å². The van der Waals surface area contributed by atoms with Crippen LogP contribution in [0.3, 0.4) is 0 Å². The average molecular weight is 306 g/mol. The number of nitrogens with two attached hydrogens (primary N) is 1. The van der Waals surface area contributed by atoms with Crippen molar-refractivity contribution in [2.45, 2.75) is 26.2 Å². The van der Waals surface area contributed by atoms with Gasteiger partial charge in [0.1, 0.15) is 5.82 Å². The SMILES string of the molecule is Cc1ccc(C(=O)NCCNC(N)=NCC2CCC2)cc1F. The van der Waals surface area contributed by atoms with Gasteiger partial charge in [-0.3, -0.25) is 9.79 Å². The minimum atomic E-state index is -0.377. The lowest BCUT2D eigenvalue weighted by Gasteiger charge is -2.23. The van der Waals surface area contributed by atoms with E-state index in [1.165, 1.54) is 25.3 Å². The predicted molar refractivity (Wildman–Crippen MR) is 85.3 cm³/mol. The van der Waals surface area contributed by atoms with E-state index < -0.39 is 0 Å². The fourth-order valence-electron chi connectivity index (χ4n) is 2.16. The van der Waals surface area contributed by atoms with Crippen molar-refractivity contribution in [1.82, 2.24) is 10.6 Å². The van der Waals surface area contributed by atoms with Crippen molar-refractivity contribution >= 4 is 11.9 Å². The molecule has 0 bridgehead atoms. The minimum Gasteiger partial charge on any atom is -0.370 e. The molecule has 0 saturated heterocycles. The van der Waals surface area contributed by atoms with Gasteiger partial charge in [0.25, 0.3) is 5.91 Å². The molecule has 2 rings (SSSR count). The molecule has 0 heterocycles. The number of halogens is 1. The van der Waals surface area contributed by atoms with Gasteiger partial charge in [-0.05, 0) is 43.4 Å². The first-order valence-electron chi connectivity index (χ1n) is 7.64. The molecule has 0 atom stereocenters. The molecule has 1 aliphatic carbocycles. The molecule has 1 fully saturated rings. The first-order chi connectivity index (χ1) is 10.6. The van der Waals surface area contributed by atoms with Gasteiger partial charge in [0.05, 0.1) is 0 Å². The Morgan fingerprint density at radius 1 is 1.36 bits per heavy atom. The maximum absolute atomic E-state index is 13.4. The molecule has 5 nitrogen and oxygen atoms in total. The molecule has 0 aliphatic heterocycles. The zero-order chi connectivity index (χ0) is 15.9. The number of nitrogens with one attached hydrogen (secondary N) is 2. The summed E-state index contributed by atoms with van der Waals surface area (Å²) in [4.78, 5) is 16.1. The topological polar surface area (TPSA) is 79.5 Å². The molecule has 0 unspecified atom stereocenters. The van der Waals surface area contributed by atoms with E-state index in [-0.39, 0.29) is 11.7 Å². The number of guanidine groups is 1. The van der Waals surface area contributed by atoms with Gasteiger partial charge in [-0.2, -0.15) is 0 Å². The van der Waals surface area contributed by atoms with E-state index in [1.54, 1.807) is 19.1 Å². The number of benzene rings is 1. The fraction of sp³-hybridized carbons (Fsp3) is 0.500. The van der Waals surface area contributed by atoms with Crippen molar-refractivity contribution < 1.29 is 9.18 Å². The number of rotatable bonds is 6. The van der Waals surface area contributed by atoms with Crippen molar-refractivity contribution in [3.05, 3.63) is 35.1 Å². The quantitative estimate of drug-likeness (QED) is 0.424. The molecule has 0 radical (unpaired) electrons. The van der Waals surface area contributed by atoms with Crippen LogP contribution in [-0.4, -0.2) is 31.5 Å². The minimum absolute atomic E-state index is 0.300. The molecule has 1 aromatic rings. The Morgan fingerprint density at radius 3 is 2.73 bits per heavy atom. The highest BCUT2D eigenvalue weighted by Crippen LogP contribution is 2.26. The van der Waals surface area contributed by atoms with E-state index in [2.05, 4.69) is 15.6 Å². The summed E-state index contributed by atoms with van der Waals surface area (Å²) < 4.78 is 13.4. The first kappa shape index (κ1) is 16.3. The third-order valence-electron chi connectivity index (χ3n) is 3.90. The van der Waals surface area contributed by atoms with Gasteiger partial charge in [0, 0.05) is 25.2 Å². The summed E-state index contributed by atoms with van der Waals surface area (Å²) in [6.07, 6.45) is 3.76. The number of carbonyl (C=O) groups excluding carboxylic acids is 1. The number of hydrogen-bond donors (Lipinski definition) is 3. The lowest BCUT2D eigenvalue weighted by molar-refractivity contribution is 0.0954. The standard InChI is InChI=1S/C16H23FN4O/c1-11-5-6-13(9-14(11)17)15(22)19-7-8-20-16(18)21-10-12-3-2-4-12/h5-6,9,12H,2-4,7-8,10H2,1H3,(H,19,22)(H3,18,20,21). The third-order valence-corrected chi connectivity index (χ3v) is 3.90. The number of nitrogens with zero attached hydrogens (tertiary/aromatic N) is 1. The molecule has 22 heavy (non-hydrogen) atoms. The number of aryl methyl sites for hydroxylation is 1. The zero-order valence-electron chi connectivity index (χ0n) is 12.9. The van der Waals surface area contributed by atoms with Gasteiger partial charge in [-0.1, -0.05) is 12.5 Å². The summed E-state index contributed by atoms with van der Waals surface area (Å²) in [6.45, 7) is 3.31. The highest BCUT2D eigenvalue weighted by Gasteiger charge is 2.16. The molecular formula is C16H23FN4O. The van der Waals surface area contributed by atoms with Crippen molar-refractivity contribution in [3.63, 3.8) is 0 Å². The number of carbonyl (C=O) groups is 1. The van der Waals surface area contributed by atoms with E-state index in [0.29, 0.717) is 36.1 Å². The normalized spacial score (nSPS) is 15.3. The molecule has 1 aromatic carbocycles. The molecule has 0 spiro atoms. The largest absolute Gasteiger partial charge is 0.370 e. The third kappa shape index (κ3) is 4.72. The molecule has 6 heteroatoms. The zero-order valence-corrected chi connectivity index (χ0v) is 12.9. The molecule has 120 valence electrons. The van der Waals surface area contributed by atoms with Crippen molar-refractivity contribution in [2.24, 2.45) is 16.6 Å². The molecule has 1 amide bonds. The smallest absolute Gasteiger partial charge is 0.251 e. The van der Waals surface area contributed by atoms with Crippen LogP contribution in [0.1, 0.15) is 35.2 Å². The highest BCUT2D eigenvalue weighted by atomic mass is 19.1. The summed E-state index contributed by atoms with van der Waals surface area (Å²) in [5.41, 5.74) is 6.58. The number of amides is 1. The molecular weight excluding hydrogens is 283 g/mol. The number of aliphatic imine (C=N–C) groups is 1. The second kappa shape index (κ2) is 7.77. The summed E-state index contributed by atoms with van der Waals surface area (Å²) in [6, 6.07) is 4.44. The predicted octanol–water partition coefficient (Wildman–Crippen LogP) is 1.57. The lowest BCUT2D eigenvalue weighted by atomic mass is 9.86. The Balaban J connectivity index is 1.66. The van der Waals surface area contributed by atoms with Crippen LogP contribution in [-0.2, 0) is 0 Å². The average Bonchev–Trinajstić information content (AvgIpc) is 2.44. The van der Waals surface area contributed by atoms with E-state index in [9.17, 15) is 9.18 Å². The maximum atomic E-state index is 13.4. The van der Waals surface area contributed by atoms with Gasteiger partial charge in [-0.15, -0.1) is 0 Å². The van der Waals surface area contributed by atoms with Crippen LogP contribution in [0.5, 0.6) is 0 Å². The summed E-state index contributed by atoms with van der Waals surface area (Å²) in [5.74, 6) is 0.405. The summed E-state index contributed by atoms with van der Waals surface area (Å²) in [5, 5.41) is 5.66. The Morgan fingerprint density at radius 2 is 2.09 bits per heavy atom. The fourth-order valence-corrected chi connectivity index (χ4v) is 2.16. The van der Waals surface area contributed by atoms with Crippen molar-refractivity contribution in [3.8, 4) is 0 Å². The van der Waals surface area contributed by atoms with Crippen LogP contribution in [0.25, 0.3) is 0 Å². The van der Waals surface area contributed by atoms with Crippen LogP contribution in [0.4, 0.5) is 4.39 Å². The van der Waals surface area contributed by atoms with Crippen molar-refractivity contribution in [2.75, 3.05) is 19.6 Å².